The summed E-state index contributed by atoms with van der Waals surface area (Å²) in [6.45, 7) is 0.875. The van der Waals surface area contributed by atoms with E-state index in [4.69, 9.17) is 10.5 Å². The summed E-state index contributed by atoms with van der Waals surface area (Å²) in [5.74, 6) is 0. The molecule has 3 fully saturated rings. The average Bonchev–Trinajstić information content (AvgIpc) is 2.71. The molecule has 1 atom stereocenters. The quantitative estimate of drug-likeness (QED) is 0.769. The van der Waals surface area contributed by atoms with Gasteiger partial charge in [0, 0.05) is 0 Å². The van der Waals surface area contributed by atoms with E-state index in [1.165, 1.54) is 89.9 Å². The van der Waals surface area contributed by atoms with E-state index in [1.54, 1.807) is 0 Å². The Morgan fingerprint density at radius 3 is 2.05 bits per heavy atom. The highest BCUT2D eigenvalue weighted by molar-refractivity contribution is 4.94. The smallest absolute Gasteiger partial charge is 0.0687 e. The van der Waals surface area contributed by atoms with Crippen molar-refractivity contribution in [3.63, 3.8) is 0 Å². The van der Waals surface area contributed by atoms with Crippen LogP contribution < -0.4 is 5.73 Å². The summed E-state index contributed by atoms with van der Waals surface area (Å²) < 4.78 is 6.60. The molecule has 2 nitrogen and oxygen atoms in total. The molecule has 20 heavy (non-hydrogen) atoms. The zero-order chi connectivity index (χ0) is 13.9. The largest absolute Gasteiger partial charge is 0.372 e. The number of nitrogens with two attached hydrogens (primary N) is 1. The summed E-state index contributed by atoms with van der Waals surface area (Å²) in [6.07, 6.45) is 19.5. The summed E-state index contributed by atoms with van der Waals surface area (Å²) in [6, 6.07) is 0. The van der Waals surface area contributed by atoms with Gasteiger partial charge in [0.05, 0.1) is 11.7 Å². The van der Waals surface area contributed by atoms with Crippen molar-refractivity contribution < 1.29 is 4.74 Å². The van der Waals surface area contributed by atoms with Crippen LogP contribution in [0.25, 0.3) is 0 Å². The van der Waals surface area contributed by atoms with Crippen molar-refractivity contribution in [1.29, 1.82) is 0 Å². The molecule has 0 aromatic heterocycles. The van der Waals surface area contributed by atoms with E-state index in [9.17, 15) is 0 Å². The molecule has 0 aromatic rings. The van der Waals surface area contributed by atoms with Crippen LogP contribution in [0.1, 0.15) is 89.9 Å². The number of ether oxygens (including phenoxy) is 1. The lowest BCUT2D eigenvalue weighted by atomic mass is 9.75. The van der Waals surface area contributed by atoms with Crippen LogP contribution in [0.4, 0.5) is 0 Å². The van der Waals surface area contributed by atoms with Gasteiger partial charge in [-0.05, 0) is 56.9 Å². The van der Waals surface area contributed by atoms with E-state index < -0.39 is 0 Å². The molecule has 3 aliphatic rings. The normalized spacial score (nSPS) is 33.1. The van der Waals surface area contributed by atoms with Crippen LogP contribution in [-0.4, -0.2) is 18.2 Å². The third kappa shape index (κ3) is 3.22. The molecule has 1 spiro atoms. The van der Waals surface area contributed by atoms with Crippen molar-refractivity contribution >= 4 is 0 Å². The molecular formula is C18H33NO. The second kappa shape index (κ2) is 6.36. The van der Waals surface area contributed by atoms with Gasteiger partial charge in [0.1, 0.15) is 0 Å². The monoisotopic (exact) mass is 279 g/mol. The highest BCUT2D eigenvalue weighted by Gasteiger charge is 2.43. The lowest BCUT2D eigenvalue weighted by Gasteiger charge is -2.37. The number of hydrogen-bond donors (Lipinski definition) is 1. The standard InChI is InChI=1S/C18H33NO/c19-15-17(9-4-1-2-5-10-17)14-16-8-13-18(20-16)11-6-3-7-12-18/h16H,1-15,19H2. The Labute approximate surface area is 124 Å². The lowest BCUT2D eigenvalue weighted by molar-refractivity contribution is -0.0776. The second-order valence-electron chi connectivity index (χ2n) is 7.84. The fraction of sp³-hybridized carbons (Fsp3) is 1.00. The van der Waals surface area contributed by atoms with Crippen LogP contribution in [-0.2, 0) is 4.74 Å². The molecule has 2 N–H and O–H groups in total. The summed E-state index contributed by atoms with van der Waals surface area (Å²) in [5, 5.41) is 0. The Kier molecular flexibility index (Phi) is 4.72. The SMILES string of the molecule is NCC1(CC2CCC3(CCCCC3)O2)CCCCCC1. The molecule has 0 radical (unpaired) electrons. The maximum atomic E-state index is 6.60. The third-order valence-corrected chi connectivity index (χ3v) is 6.36. The lowest BCUT2D eigenvalue weighted by Crippen LogP contribution is -2.36. The molecule has 116 valence electrons. The predicted octanol–water partition coefficient (Wildman–Crippen LogP) is 4.56. The maximum Gasteiger partial charge on any atom is 0.0687 e. The van der Waals surface area contributed by atoms with E-state index in [-0.39, 0.29) is 5.60 Å². The van der Waals surface area contributed by atoms with E-state index in [0.717, 1.165) is 6.54 Å². The molecule has 2 heteroatoms. The van der Waals surface area contributed by atoms with Crippen molar-refractivity contribution in [1.82, 2.24) is 0 Å². The molecule has 1 unspecified atom stereocenters. The number of rotatable bonds is 3. The van der Waals surface area contributed by atoms with Crippen molar-refractivity contribution in [2.24, 2.45) is 11.1 Å². The van der Waals surface area contributed by atoms with E-state index in [1.807, 2.05) is 0 Å². The van der Waals surface area contributed by atoms with Gasteiger partial charge in [-0.1, -0.05) is 44.9 Å². The van der Waals surface area contributed by atoms with Gasteiger partial charge in [-0.2, -0.15) is 0 Å². The van der Waals surface area contributed by atoms with Crippen LogP contribution in [0.2, 0.25) is 0 Å². The van der Waals surface area contributed by atoms with Crippen LogP contribution in [0.15, 0.2) is 0 Å². The zero-order valence-corrected chi connectivity index (χ0v) is 13.2. The molecular weight excluding hydrogens is 246 g/mol. The summed E-state index contributed by atoms with van der Waals surface area (Å²) in [5.41, 5.74) is 6.89. The molecule has 3 rings (SSSR count). The minimum Gasteiger partial charge on any atom is -0.372 e. The minimum atomic E-state index is 0.281. The number of hydrogen-bond acceptors (Lipinski definition) is 2. The molecule has 2 aliphatic carbocycles. The third-order valence-electron chi connectivity index (χ3n) is 6.36. The molecule has 0 bridgehead atoms. The van der Waals surface area contributed by atoms with Gasteiger partial charge in [-0.3, -0.25) is 0 Å². The van der Waals surface area contributed by atoms with Gasteiger partial charge in [-0.25, -0.2) is 0 Å². The fourth-order valence-corrected chi connectivity index (χ4v) is 5.06. The Morgan fingerprint density at radius 1 is 0.800 bits per heavy atom. The first-order chi connectivity index (χ1) is 9.76. The van der Waals surface area contributed by atoms with Gasteiger partial charge < -0.3 is 10.5 Å². The molecule has 0 aromatic carbocycles. The molecule has 1 heterocycles. The maximum absolute atomic E-state index is 6.60. The highest BCUT2D eigenvalue weighted by Crippen LogP contribution is 2.47. The van der Waals surface area contributed by atoms with Gasteiger partial charge in [0.2, 0.25) is 0 Å². The van der Waals surface area contributed by atoms with Crippen LogP contribution in [0, 0.1) is 5.41 Å². The first-order valence-corrected chi connectivity index (χ1v) is 9.14. The molecule has 1 saturated heterocycles. The zero-order valence-electron chi connectivity index (χ0n) is 13.2. The highest BCUT2D eigenvalue weighted by atomic mass is 16.5. The molecule has 0 amide bonds. The predicted molar refractivity (Wildman–Crippen MR) is 83.7 cm³/mol. The average molecular weight is 279 g/mol. The summed E-state index contributed by atoms with van der Waals surface area (Å²) in [7, 11) is 0. The minimum absolute atomic E-state index is 0.281. The van der Waals surface area contributed by atoms with E-state index in [2.05, 4.69) is 0 Å². The topological polar surface area (TPSA) is 35.2 Å². The van der Waals surface area contributed by atoms with Crippen LogP contribution >= 0.6 is 0 Å². The Balaban J connectivity index is 1.59. The van der Waals surface area contributed by atoms with Crippen molar-refractivity contribution in [2.75, 3.05) is 6.54 Å². The van der Waals surface area contributed by atoms with Gasteiger partial charge in [-0.15, -0.1) is 0 Å². The van der Waals surface area contributed by atoms with E-state index >= 15 is 0 Å². The Bertz CT molecular complexity index is 301. The Hall–Kier alpha value is -0.0800. The van der Waals surface area contributed by atoms with Crippen molar-refractivity contribution in [3.8, 4) is 0 Å². The van der Waals surface area contributed by atoms with Crippen LogP contribution in [0.3, 0.4) is 0 Å². The molecule has 2 saturated carbocycles. The van der Waals surface area contributed by atoms with Gasteiger partial charge in [0.25, 0.3) is 0 Å². The summed E-state index contributed by atoms with van der Waals surface area (Å²) >= 11 is 0. The van der Waals surface area contributed by atoms with Crippen molar-refractivity contribution in [3.05, 3.63) is 0 Å². The second-order valence-corrected chi connectivity index (χ2v) is 7.84. The van der Waals surface area contributed by atoms with E-state index in [0.29, 0.717) is 11.5 Å². The first kappa shape index (κ1) is 14.8. The Morgan fingerprint density at radius 2 is 1.40 bits per heavy atom. The summed E-state index contributed by atoms with van der Waals surface area (Å²) in [4.78, 5) is 0. The van der Waals surface area contributed by atoms with Gasteiger partial charge >= 0.3 is 0 Å². The molecule has 1 aliphatic heterocycles. The van der Waals surface area contributed by atoms with Crippen molar-refractivity contribution in [2.45, 2.75) is 102 Å². The first-order valence-electron chi connectivity index (χ1n) is 9.14. The van der Waals surface area contributed by atoms with Gasteiger partial charge in [0.15, 0.2) is 0 Å². The fourth-order valence-electron chi connectivity index (χ4n) is 5.06. The van der Waals surface area contributed by atoms with Crippen LogP contribution in [0.5, 0.6) is 0 Å².